The van der Waals surface area contributed by atoms with Crippen LogP contribution in [0.2, 0.25) is 0 Å². The average Bonchev–Trinajstić information content (AvgIpc) is 2.83. The van der Waals surface area contributed by atoms with Crippen molar-refractivity contribution >= 4 is 17.4 Å². The number of hydrogen-bond acceptors (Lipinski definition) is 7. The summed E-state index contributed by atoms with van der Waals surface area (Å²) in [5, 5.41) is 31.0. The highest BCUT2D eigenvalue weighted by atomic mass is 16.5. The van der Waals surface area contributed by atoms with E-state index in [9.17, 15) is 24.9 Å². The fourth-order valence-electron chi connectivity index (χ4n) is 3.36. The quantitative estimate of drug-likeness (QED) is 0.527. The number of anilines is 1. The van der Waals surface area contributed by atoms with Crippen molar-refractivity contribution in [2.24, 2.45) is 11.3 Å². The van der Waals surface area contributed by atoms with Gasteiger partial charge in [0, 0.05) is 20.6 Å². The molecule has 0 saturated heterocycles. The van der Waals surface area contributed by atoms with Crippen LogP contribution < -0.4 is 9.64 Å². The van der Waals surface area contributed by atoms with Gasteiger partial charge in [0.25, 0.3) is 0 Å². The Bertz CT molecular complexity index is 801. The molecule has 1 aromatic carbocycles. The van der Waals surface area contributed by atoms with Crippen LogP contribution in [0.25, 0.3) is 0 Å². The summed E-state index contributed by atoms with van der Waals surface area (Å²) < 4.78 is 10.8. The van der Waals surface area contributed by atoms with Crippen LogP contribution in [0.5, 0.6) is 5.75 Å². The first-order valence-electron chi connectivity index (χ1n) is 10.2. The highest BCUT2D eigenvalue weighted by Gasteiger charge is 2.38. The van der Waals surface area contributed by atoms with E-state index >= 15 is 0 Å². The zero-order chi connectivity index (χ0) is 23.3. The van der Waals surface area contributed by atoms with Gasteiger partial charge >= 0.3 is 0 Å². The minimum Gasteiger partial charge on any atom is -0.491 e. The number of ether oxygens (including phenoxy) is 2. The maximum Gasteiger partial charge on any atom is 0.233 e. The number of Topliss-reactive ketones (excluding diaryl/α,β-unsaturated/α-hetero) is 1. The molecule has 0 saturated carbocycles. The van der Waals surface area contributed by atoms with Gasteiger partial charge in [0.1, 0.15) is 36.8 Å². The standard InChI is InChI=1S/C23H33NO7/c1-23(2,3)11-10-16(25)19(27)20(28)21(30-5)17(26)12-14-13-31-18-9-7-6-8-15(18)24(4)22(14)29/h6-11,14,16,19-21,25,27-28H,12-13H2,1-5H3/b11-10+/t14-,16+,19-,20+,21-/m0/s1. The lowest BCUT2D eigenvalue weighted by Crippen LogP contribution is -2.49. The predicted molar refractivity (Wildman–Crippen MR) is 116 cm³/mol. The number of allylic oxidation sites excluding steroid dienone is 1. The van der Waals surface area contributed by atoms with Crippen molar-refractivity contribution in [2.45, 2.75) is 51.6 Å². The van der Waals surface area contributed by atoms with Crippen molar-refractivity contribution < 1.29 is 34.4 Å². The molecule has 5 atom stereocenters. The van der Waals surface area contributed by atoms with Crippen LogP contribution in [-0.4, -0.2) is 72.2 Å². The van der Waals surface area contributed by atoms with Crippen molar-refractivity contribution in [3.05, 3.63) is 36.4 Å². The SMILES string of the molecule is CO[C@@H](C(=O)C[C@H]1COc2ccccc2N(C)C1=O)[C@H](O)[C@@H](O)[C@H](O)/C=C/C(C)(C)C. The summed E-state index contributed by atoms with van der Waals surface area (Å²) in [6.07, 6.45) is -3.27. The second-order valence-electron chi connectivity index (χ2n) is 8.90. The van der Waals surface area contributed by atoms with Gasteiger partial charge in [-0.3, -0.25) is 9.59 Å². The lowest BCUT2D eigenvalue weighted by atomic mass is 9.91. The van der Waals surface area contributed by atoms with Crippen molar-refractivity contribution in [2.75, 3.05) is 25.7 Å². The first-order chi connectivity index (χ1) is 14.5. The number of amides is 1. The summed E-state index contributed by atoms with van der Waals surface area (Å²) in [6.45, 7) is 5.75. The van der Waals surface area contributed by atoms with Crippen LogP contribution >= 0.6 is 0 Å². The summed E-state index contributed by atoms with van der Waals surface area (Å²) in [5.41, 5.74) is 0.376. The van der Waals surface area contributed by atoms with Gasteiger partial charge in [-0.15, -0.1) is 0 Å². The fourth-order valence-corrected chi connectivity index (χ4v) is 3.36. The lowest BCUT2D eigenvalue weighted by Gasteiger charge is -2.28. The monoisotopic (exact) mass is 435 g/mol. The van der Waals surface area contributed by atoms with E-state index in [4.69, 9.17) is 9.47 Å². The first kappa shape index (κ1) is 25.0. The zero-order valence-corrected chi connectivity index (χ0v) is 18.7. The van der Waals surface area contributed by atoms with Gasteiger partial charge in [-0.25, -0.2) is 0 Å². The minimum absolute atomic E-state index is 0.00203. The molecule has 172 valence electrons. The molecular weight excluding hydrogens is 402 g/mol. The number of para-hydroxylation sites is 2. The molecule has 0 unspecified atom stereocenters. The number of fused-ring (bicyclic) bond motifs is 1. The number of nitrogens with zero attached hydrogens (tertiary/aromatic N) is 1. The van der Waals surface area contributed by atoms with Crippen molar-refractivity contribution in [1.29, 1.82) is 0 Å². The molecular formula is C23H33NO7. The van der Waals surface area contributed by atoms with E-state index < -0.39 is 36.1 Å². The van der Waals surface area contributed by atoms with Crippen molar-refractivity contribution in [3.63, 3.8) is 0 Å². The van der Waals surface area contributed by atoms with Crippen LogP contribution in [0.4, 0.5) is 5.69 Å². The van der Waals surface area contributed by atoms with Gasteiger partial charge in [-0.2, -0.15) is 0 Å². The molecule has 0 spiro atoms. The first-order valence-corrected chi connectivity index (χ1v) is 10.2. The summed E-state index contributed by atoms with van der Waals surface area (Å²) in [6, 6.07) is 7.08. The molecule has 0 fully saturated rings. The Balaban J connectivity index is 2.08. The summed E-state index contributed by atoms with van der Waals surface area (Å²) >= 11 is 0. The van der Waals surface area contributed by atoms with E-state index in [2.05, 4.69) is 0 Å². The van der Waals surface area contributed by atoms with Crippen LogP contribution in [0.15, 0.2) is 36.4 Å². The Labute approximate surface area is 183 Å². The molecule has 1 aliphatic heterocycles. The third-order valence-corrected chi connectivity index (χ3v) is 5.17. The van der Waals surface area contributed by atoms with Crippen LogP contribution in [0.3, 0.4) is 0 Å². The molecule has 8 heteroatoms. The molecule has 0 radical (unpaired) electrons. The molecule has 31 heavy (non-hydrogen) atoms. The lowest BCUT2D eigenvalue weighted by molar-refractivity contribution is -0.149. The van der Waals surface area contributed by atoms with Crippen LogP contribution in [-0.2, 0) is 14.3 Å². The number of carbonyl (C=O) groups excluding carboxylic acids is 2. The number of hydrogen-bond donors (Lipinski definition) is 3. The maximum absolute atomic E-state index is 12.8. The Morgan fingerprint density at radius 2 is 1.90 bits per heavy atom. The second kappa shape index (κ2) is 10.4. The molecule has 1 aliphatic rings. The van der Waals surface area contributed by atoms with E-state index in [0.29, 0.717) is 11.4 Å². The zero-order valence-electron chi connectivity index (χ0n) is 18.7. The third-order valence-electron chi connectivity index (χ3n) is 5.17. The molecule has 3 N–H and O–H groups in total. The van der Waals surface area contributed by atoms with Gasteiger partial charge in [0.15, 0.2) is 5.78 Å². The Morgan fingerprint density at radius 1 is 1.26 bits per heavy atom. The van der Waals surface area contributed by atoms with E-state index in [-0.39, 0.29) is 24.3 Å². The molecule has 2 rings (SSSR count). The minimum atomic E-state index is -1.67. The molecule has 1 heterocycles. The number of ketones is 1. The van der Waals surface area contributed by atoms with Crippen molar-refractivity contribution in [1.82, 2.24) is 0 Å². The highest BCUT2D eigenvalue weighted by Crippen LogP contribution is 2.32. The summed E-state index contributed by atoms with van der Waals surface area (Å²) in [7, 11) is 2.83. The molecule has 0 aliphatic carbocycles. The summed E-state index contributed by atoms with van der Waals surface area (Å²) in [4.78, 5) is 27.1. The van der Waals surface area contributed by atoms with Crippen LogP contribution in [0.1, 0.15) is 27.2 Å². The number of aliphatic hydroxyl groups excluding tert-OH is 3. The van der Waals surface area contributed by atoms with Gasteiger partial charge in [-0.05, 0) is 17.5 Å². The van der Waals surface area contributed by atoms with Crippen LogP contribution in [0, 0.1) is 11.3 Å². The molecule has 1 amide bonds. The fraction of sp³-hybridized carbons (Fsp3) is 0.565. The number of aliphatic hydroxyl groups is 3. The maximum atomic E-state index is 12.8. The Hall–Kier alpha value is -2.26. The van der Waals surface area contributed by atoms with Crippen molar-refractivity contribution in [3.8, 4) is 5.75 Å². The number of methoxy groups -OCH3 is 1. The molecule has 0 aromatic heterocycles. The van der Waals surface area contributed by atoms with Gasteiger partial charge < -0.3 is 29.7 Å². The average molecular weight is 436 g/mol. The number of rotatable bonds is 8. The topological polar surface area (TPSA) is 117 Å². The van der Waals surface area contributed by atoms with E-state index in [0.717, 1.165) is 0 Å². The highest BCUT2D eigenvalue weighted by molar-refractivity contribution is 5.99. The summed E-state index contributed by atoms with van der Waals surface area (Å²) in [5.74, 6) is -1.10. The smallest absolute Gasteiger partial charge is 0.233 e. The third kappa shape index (κ3) is 6.36. The number of benzene rings is 1. The van der Waals surface area contributed by atoms with Gasteiger partial charge in [-0.1, -0.05) is 45.1 Å². The van der Waals surface area contributed by atoms with Gasteiger partial charge in [0.2, 0.25) is 5.91 Å². The molecule has 1 aromatic rings. The second-order valence-corrected chi connectivity index (χ2v) is 8.90. The number of carbonyl (C=O) groups is 2. The predicted octanol–water partition coefficient (Wildman–Crippen LogP) is 1.32. The van der Waals surface area contributed by atoms with Gasteiger partial charge in [0.05, 0.1) is 11.6 Å². The molecule has 8 nitrogen and oxygen atoms in total. The normalized spacial score (nSPS) is 21.1. The van der Waals surface area contributed by atoms with E-state index in [1.807, 2.05) is 20.8 Å². The Kier molecular flexibility index (Phi) is 8.36. The Morgan fingerprint density at radius 3 is 2.52 bits per heavy atom. The largest absolute Gasteiger partial charge is 0.491 e. The molecule has 0 bridgehead atoms. The van der Waals surface area contributed by atoms with E-state index in [1.54, 1.807) is 37.4 Å². The van der Waals surface area contributed by atoms with E-state index in [1.165, 1.54) is 18.1 Å².